The van der Waals surface area contributed by atoms with Crippen LogP contribution in [0.5, 0.6) is 11.5 Å². The van der Waals surface area contributed by atoms with E-state index in [4.69, 9.17) is 4.74 Å². The molecule has 0 spiro atoms. The van der Waals surface area contributed by atoms with Crippen LogP contribution in [0.4, 0.5) is 0 Å². The number of benzene rings is 1. The lowest BCUT2D eigenvalue weighted by Crippen LogP contribution is -2.26. The topological polar surface area (TPSA) is 104 Å². The zero-order chi connectivity index (χ0) is 17.4. The van der Waals surface area contributed by atoms with Crippen molar-refractivity contribution in [2.45, 2.75) is 18.9 Å². The fourth-order valence-electron chi connectivity index (χ4n) is 2.56. The quantitative estimate of drug-likeness (QED) is 0.664. The molecule has 126 valence electrons. The number of ether oxygens (including phenoxy) is 1. The molecule has 0 bridgehead atoms. The van der Waals surface area contributed by atoms with E-state index in [1.54, 1.807) is 30.3 Å². The van der Waals surface area contributed by atoms with Crippen LogP contribution >= 0.6 is 0 Å². The number of hydrogen-bond acceptors (Lipinski definition) is 4. The molecule has 1 aliphatic rings. The molecule has 25 heavy (non-hydrogen) atoms. The Morgan fingerprint density at radius 3 is 2.76 bits per heavy atom. The van der Waals surface area contributed by atoms with Crippen LogP contribution in [0.2, 0.25) is 0 Å². The van der Waals surface area contributed by atoms with Crippen molar-refractivity contribution in [1.29, 1.82) is 0 Å². The minimum absolute atomic E-state index is 0.180. The number of amides is 1. The number of fused-ring (bicyclic) bond motifs is 1. The average Bonchev–Trinajstić information content (AvgIpc) is 3.31. The summed E-state index contributed by atoms with van der Waals surface area (Å²) in [6.07, 6.45) is 4.97. The van der Waals surface area contributed by atoms with Crippen molar-refractivity contribution in [3.05, 3.63) is 54.0 Å². The molecule has 7 nitrogen and oxygen atoms in total. The predicted molar refractivity (Wildman–Crippen MR) is 90.1 cm³/mol. The Morgan fingerprint density at radius 1 is 1.20 bits per heavy atom. The lowest BCUT2D eigenvalue weighted by molar-refractivity contribution is 0.0698. The van der Waals surface area contributed by atoms with Crippen molar-refractivity contribution in [2.24, 2.45) is 0 Å². The van der Waals surface area contributed by atoms with Crippen molar-refractivity contribution in [3.63, 3.8) is 0 Å². The van der Waals surface area contributed by atoms with Gasteiger partial charge in [-0.25, -0.2) is 4.79 Å². The van der Waals surface area contributed by atoms with Gasteiger partial charge in [-0.2, -0.15) is 0 Å². The first kappa shape index (κ1) is 15.2. The Kier molecular flexibility index (Phi) is 3.61. The SMILES string of the molecule is O=C(NC1CC1)c1cc(Oc2ccc3[nH]cc(C(=O)O)c3c2)ccn1. The van der Waals surface area contributed by atoms with Gasteiger partial charge in [0.15, 0.2) is 0 Å². The summed E-state index contributed by atoms with van der Waals surface area (Å²) in [4.78, 5) is 30.3. The third-order valence-corrected chi connectivity index (χ3v) is 4.00. The molecular weight excluding hydrogens is 322 g/mol. The van der Waals surface area contributed by atoms with Gasteiger partial charge in [-0.15, -0.1) is 0 Å². The Hall–Kier alpha value is -3.35. The number of aromatic nitrogens is 2. The highest BCUT2D eigenvalue weighted by molar-refractivity contribution is 6.03. The molecule has 1 aliphatic carbocycles. The van der Waals surface area contributed by atoms with Gasteiger partial charge in [0, 0.05) is 35.4 Å². The number of carbonyl (C=O) groups excluding carboxylic acids is 1. The number of pyridine rings is 1. The Labute approximate surface area is 142 Å². The van der Waals surface area contributed by atoms with E-state index in [1.807, 2.05) is 0 Å². The average molecular weight is 337 g/mol. The van der Waals surface area contributed by atoms with E-state index >= 15 is 0 Å². The maximum Gasteiger partial charge on any atom is 0.337 e. The Bertz CT molecular complexity index is 975. The molecular formula is C18H15N3O4. The maximum atomic E-state index is 12.1. The normalized spacial score (nSPS) is 13.6. The largest absolute Gasteiger partial charge is 0.478 e. The van der Waals surface area contributed by atoms with Gasteiger partial charge in [-0.1, -0.05) is 0 Å². The molecule has 1 saturated carbocycles. The summed E-state index contributed by atoms with van der Waals surface area (Å²) < 4.78 is 5.78. The first-order valence-corrected chi connectivity index (χ1v) is 7.89. The van der Waals surface area contributed by atoms with Crippen molar-refractivity contribution < 1.29 is 19.4 Å². The Morgan fingerprint density at radius 2 is 2.00 bits per heavy atom. The van der Waals surface area contributed by atoms with E-state index in [0.717, 1.165) is 12.8 Å². The highest BCUT2D eigenvalue weighted by Gasteiger charge is 2.24. The number of H-pyrrole nitrogens is 1. The first-order valence-electron chi connectivity index (χ1n) is 7.89. The third-order valence-electron chi connectivity index (χ3n) is 4.00. The van der Waals surface area contributed by atoms with E-state index in [1.165, 1.54) is 12.4 Å². The number of rotatable bonds is 5. The molecule has 1 amide bonds. The van der Waals surface area contributed by atoms with Crippen molar-refractivity contribution in [3.8, 4) is 11.5 Å². The molecule has 3 aromatic rings. The van der Waals surface area contributed by atoms with Crippen LogP contribution in [-0.2, 0) is 0 Å². The molecule has 1 fully saturated rings. The highest BCUT2D eigenvalue weighted by Crippen LogP contribution is 2.28. The van der Waals surface area contributed by atoms with Gasteiger partial charge in [0.1, 0.15) is 17.2 Å². The summed E-state index contributed by atoms with van der Waals surface area (Å²) in [5.74, 6) is -0.286. The molecule has 4 rings (SSSR count). The number of carboxylic acid groups (broad SMARTS) is 1. The van der Waals surface area contributed by atoms with Crippen LogP contribution in [0.15, 0.2) is 42.7 Å². The highest BCUT2D eigenvalue weighted by atomic mass is 16.5. The molecule has 7 heteroatoms. The number of hydrogen-bond donors (Lipinski definition) is 3. The molecule has 1 aromatic carbocycles. The van der Waals surface area contributed by atoms with Crippen molar-refractivity contribution in [1.82, 2.24) is 15.3 Å². The van der Waals surface area contributed by atoms with Gasteiger partial charge in [0.2, 0.25) is 0 Å². The summed E-state index contributed by atoms with van der Waals surface area (Å²) in [5, 5.41) is 12.6. The van der Waals surface area contributed by atoms with E-state index in [2.05, 4.69) is 15.3 Å². The lowest BCUT2D eigenvalue weighted by atomic mass is 10.1. The van der Waals surface area contributed by atoms with E-state index in [9.17, 15) is 14.7 Å². The summed E-state index contributed by atoms with van der Waals surface area (Å²) in [7, 11) is 0. The van der Waals surface area contributed by atoms with Crippen molar-refractivity contribution >= 4 is 22.8 Å². The molecule has 0 aliphatic heterocycles. The van der Waals surface area contributed by atoms with E-state index in [-0.39, 0.29) is 17.5 Å². The summed E-state index contributed by atoms with van der Waals surface area (Å²) in [6, 6.07) is 8.60. The summed E-state index contributed by atoms with van der Waals surface area (Å²) in [6.45, 7) is 0. The molecule has 3 N–H and O–H groups in total. The second-order valence-corrected chi connectivity index (χ2v) is 5.94. The standard InChI is InChI=1S/C18H15N3O4/c22-17(21-10-1-2-10)16-8-12(5-6-19-16)25-11-3-4-15-13(7-11)14(9-20-15)18(23)24/h3-10,20H,1-2H2,(H,21,22)(H,23,24). The van der Waals surface area contributed by atoms with Crippen LogP contribution < -0.4 is 10.1 Å². The van der Waals surface area contributed by atoms with Crippen LogP contribution in [0, 0.1) is 0 Å². The number of nitrogens with one attached hydrogen (secondary N) is 2. The molecule has 0 radical (unpaired) electrons. The fraction of sp³-hybridized carbons (Fsp3) is 0.167. The van der Waals surface area contributed by atoms with E-state index < -0.39 is 5.97 Å². The van der Waals surface area contributed by atoms with Gasteiger partial charge in [0.25, 0.3) is 5.91 Å². The molecule has 0 saturated heterocycles. The number of carbonyl (C=O) groups is 2. The van der Waals surface area contributed by atoms with Crippen LogP contribution in [-0.4, -0.2) is 33.0 Å². The van der Waals surface area contributed by atoms with E-state index in [0.29, 0.717) is 28.1 Å². The number of carboxylic acids is 1. The number of nitrogens with zero attached hydrogens (tertiary/aromatic N) is 1. The monoisotopic (exact) mass is 337 g/mol. The summed E-state index contributed by atoms with van der Waals surface area (Å²) >= 11 is 0. The zero-order valence-electron chi connectivity index (χ0n) is 13.2. The van der Waals surface area contributed by atoms with Gasteiger partial charge in [-0.05, 0) is 37.1 Å². The van der Waals surface area contributed by atoms with Crippen LogP contribution in [0.3, 0.4) is 0 Å². The molecule has 0 atom stereocenters. The number of aromatic carboxylic acids is 1. The Balaban J connectivity index is 1.59. The van der Waals surface area contributed by atoms with Gasteiger partial charge >= 0.3 is 5.97 Å². The smallest absolute Gasteiger partial charge is 0.337 e. The summed E-state index contributed by atoms with van der Waals surface area (Å²) in [5.41, 5.74) is 1.18. The third kappa shape index (κ3) is 3.16. The zero-order valence-corrected chi connectivity index (χ0v) is 13.2. The molecule has 2 heterocycles. The van der Waals surface area contributed by atoms with Crippen LogP contribution in [0.25, 0.3) is 10.9 Å². The predicted octanol–water partition coefficient (Wildman–Crippen LogP) is 2.95. The fourth-order valence-corrected chi connectivity index (χ4v) is 2.56. The minimum Gasteiger partial charge on any atom is -0.478 e. The van der Waals surface area contributed by atoms with Gasteiger partial charge < -0.3 is 20.1 Å². The maximum absolute atomic E-state index is 12.1. The lowest BCUT2D eigenvalue weighted by Gasteiger charge is -2.08. The van der Waals surface area contributed by atoms with Crippen LogP contribution in [0.1, 0.15) is 33.7 Å². The second kappa shape index (κ2) is 5.94. The minimum atomic E-state index is -1.01. The second-order valence-electron chi connectivity index (χ2n) is 5.94. The van der Waals surface area contributed by atoms with Gasteiger partial charge in [-0.3, -0.25) is 9.78 Å². The molecule has 2 aromatic heterocycles. The first-order chi connectivity index (χ1) is 12.1. The van der Waals surface area contributed by atoms with Gasteiger partial charge in [0.05, 0.1) is 5.56 Å². The van der Waals surface area contributed by atoms with Crippen molar-refractivity contribution in [2.75, 3.05) is 0 Å². The molecule has 0 unspecified atom stereocenters. The number of aromatic amines is 1.